The van der Waals surface area contributed by atoms with E-state index in [2.05, 4.69) is 20.2 Å². The summed E-state index contributed by atoms with van der Waals surface area (Å²) in [5.74, 6) is 2.15. The fraction of sp³-hybridized carbons (Fsp3) is 0.391. The number of ether oxygens (including phenoxy) is 3. The molecule has 0 aromatic heterocycles. The van der Waals surface area contributed by atoms with E-state index in [4.69, 9.17) is 25.8 Å². The number of rotatable bonds is 5. The highest BCUT2D eigenvalue weighted by Crippen LogP contribution is 2.51. The van der Waals surface area contributed by atoms with Crippen molar-refractivity contribution in [2.45, 2.75) is 25.0 Å². The van der Waals surface area contributed by atoms with E-state index in [9.17, 15) is 5.11 Å². The Kier molecular flexibility index (Phi) is 5.47. The average molecular weight is 417 g/mol. The molecule has 1 N–H and O–H groups in total. The Morgan fingerprint density at radius 2 is 2.03 bits per heavy atom. The van der Waals surface area contributed by atoms with E-state index in [-0.39, 0.29) is 12.8 Å². The Morgan fingerprint density at radius 1 is 1.28 bits per heavy atom. The molecule has 2 aliphatic heterocycles. The van der Waals surface area contributed by atoms with Gasteiger partial charge in [0.2, 0.25) is 12.5 Å². The van der Waals surface area contributed by atoms with Crippen LogP contribution in [0.5, 0.6) is 17.2 Å². The number of hydrogen-bond acceptors (Lipinski definition) is 4. The Hall–Kier alpha value is -2.21. The highest BCUT2D eigenvalue weighted by atomic mass is 35.5. The third kappa shape index (κ3) is 3.95. The third-order valence-corrected chi connectivity index (χ3v) is 6.18. The van der Waals surface area contributed by atoms with E-state index in [0.29, 0.717) is 17.2 Å². The molecule has 0 saturated heterocycles. The van der Waals surface area contributed by atoms with Crippen LogP contribution in [0.15, 0.2) is 36.4 Å². The number of fused-ring (bicyclic) bond motifs is 2. The Balaban J connectivity index is 1.64. The van der Waals surface area contributed by atoms with Crippen molar-refractivity contribution in [2.24, 2.45) is 0 Å². The van der Waals surface area contributed by atoms with Crippen LogP contribution in [0.25, 0.3) is 6.08 Å². The Bertz CT molecular complexity index is 923. The molecule has 0 saturated carbocycles. The van der Waals surface area contributed by atoms with Gasteiger partial charge in [0.15, 0.2) is 11.5 Å². The maximum Gasteiger partial charge on any atom is 0.231 e. The largest absolute Gasteiger partial charge is 0.492 e. The number of methoxy groups -OCH3 is 1. The maximum atomic E-state index is 10.8. The summed E-state index contributed by atoms with van der Waals surface area (Å²) in [7, 11) is 6.07. The molecule has 0 bridgehead atoms. The first kappa shape index (κ1) is 20.1. The van der Waals surface area contributed by atoms with Crippen LogP contribution in [0, 0.1) is 0 Å². The first-order valence-corrected chi connectivity index (χ1v) is 10.2. The van der Waals surface area contributed by atoms with Gasteiger partial charge < -0.3 is 23.8 Å². The van der Waals surface area contributed by atoms with Crippen molar-refractivity contribution < 1.29 is 23.8 Å². The number of nitrogens with zero attached hydrogens (tertiary/aromatic N) is 1. The number of hydrogen-bond donors (Lipinski definition) is 1. The Labute approximate surface area is 176 Å². The minimum atomic E-state index is -0.589. The van der Waals surface area contributed by atoms with Crippen molar-refractivity contribution >= 4 is 17.7 Å². The predicted octanol–water partition coefficient (Wildman–Crippen LogP) is 4.22. The summed E-state index contributed by atoms with van der Waals surface area (Å²) in [6.07, 6.45) is 4.70. The van der Waals surface area contributed by atoms with E-state index in [1.807, 2.05) is 36.4 Å². The zero-order valence-corrected chi connectivity index (χ0v) is 17.8. The van der Waals surface area contributed by atoms with E-state index in [0.717, 1.165) is 40.1 Å². The molecule has 2 aromatic rings. The number of aliphatic hydroxyl groups excluding tert-OH is 1. The molecule has 2 atom stereocenters. The number of halogens is 1. The fourth-order valence-electron chi connectivity index (χ4n) is 4.27. The van der Waals surface area contributed by atoms with Gasteiger partial charge in [-0.05, 0) is 29.3 Å². The van der Waals surface area contributed by atoms with Crippen LogP contribution in [0.3, 0.4) is 0 Å². The lowest BCUT2D eigenvalue weighted by Crippen LogP contribution is -2.48. The lowest BCUT2D eigenvalue weighted by molar-refractivity contribution is -0.923. The number of quaternary nitrogens is 1. The van der Waals surface area contributed by atoms with Crippen LogP contribution in [0.2, 0.25) is 5.02 Å². The molecule has 2 aromatic carbocycles. The number of likely N-dealkylation sites (N-methyl/N-ethyl adjacent to an activating group) is 1. The quantitative estimate of drug-likeness (QED) is 0.741. The molecule has 2 aliphatic rings. The third-order valence-electron chi connectivity index (χ3n) is 5.93. The van der Waals surface area contributed by atoms with Gasteiger partial charge in [0.05, 0.1) is 39.4 Å². The van der Waals surface area contributed by atoms with Crippen LogP contribution in [-0.2, 0) is 6.42 Å². The van der Waals surface area contributed by atoms with Crippen LogP contribution >= 0.6 is 11.6 Å². The standard InChI is InChI=1S/C23H27ClNO4/c1-25(2)11-10-16-12-20-22(29-14-28-20)23(27-3)21(16)19(25)13-18(26)9-6-15-4-7-17(24)8-5-15/h4-9,12,18-19,26H,10-11,13-14H2,1-3H3/q+1. The molecule has 0 fully saturated rings. The highest BCUT2D eigenvalue weighted by molar-refractivity contribution is 6.30. The molecular weight excluding hydrogens is 390 g/mol. The molecule has 0 amide bonds. The molecule has 2 heterocycles. The second-order valence-electron chi connectivity index (χ2n) is 8.20. The topological polar surface area (TPSA) is 47.9 Å². The second kappa shape index (κ2) is 7.90. The van der Waals surface area contributed by atoms with Crippen molar-refractivity contribution in [3.05, 3.63) is 58.1 Å². The van der Waals surface area contributed by atoms with Gasteiger partial charge in [-0.1, -0.05) is 35.9 Å². The van der Waals surface area contributed by atoms with Crippen molar-refractivity contribution in [1.29, 1.82) is 0 Å². The summed E-state index contributed by atoms with van der Waals surface area (Å²) in [4.78, 5) is 0. The monoisotopic (exact) mass is 416 g/mol. The molecule has 4 rings (SSSR count). The van der Waals surface area contributed by atoms with Crippen LogP contribution < -0.4 is 14.2 Å². The van der Waals surface area contributed by atoms with Crippen molar-refractivity contribution in [3.63, 3.8) is 0 Å². The molecule has 5 nitrogen and oxygen atoms in total. The lowest BCUT2D eigenvalue weighted by Gasteiger charge is -2.43. The van der Waals surface area contributed by atoms with E-state index in [1.165, 1.54) is 5.56 Å². The minimum absolute atomic E-state index is 0.0769. The zero-order chi connectivity index (χ0) is 20.6. The van der Waals surface area contributed by atoms with Gasteiger partial charge in [-0.15, -0.1) is 0 Å². The van der Waals surface area contributed by atoms with Crippen molar-refractivity contribution in [2.75, 3.05) is 34.5 Å². The Morgan fingerprint density at radius 3 is 2.76 bits per heavy atom. The number of benzene rings is 2. The van der Waals surface area contributed by atoms with Gasteiger partial charge in [-0.25, -0.2) is 0 Å². The minimum Gasteiger partial charge on any atom is -0.492 e. The smallest absolute Gasteiger partial charge is 0.231 e. The van der Waals surface area contributed by atoms with Crippen LogP contribution in [0.4, 0.5) is 0 Å². The van der Waals surface area contributed by atoms with Crippen molar-refractivity contribution in [3.8, 4) is 17.2 Å². The molecule has 6 heteroatoms. The second-order valence-corrected chi connectivity index (χ2v) is 8.63. The van der Waals surface area contributed by atoms with Gasteiger partial charge >= 0.3 is 0 Å². The lowest BCUT2D eigenvalue weighted by atomic mass is 9.86. The zero-order valence-electron chi connectivity index (χ0n) is 17.0. The predicted molar refractivity (Wildman–Crippen MR) is 114 cm³/mol. The number of aliphatic hydroxyl groups is 1. The molecule has 0 radical (unpaired) electrons. The van der Waals surface area contributed by atoms with Gasteiger partial charge in [0, 0.05) is 17.9 Å². The van der Waals surface area contributed by atoms with Gasteiger partial charge in [-0.2, -0.15) is 0 Å². The first-order valence-electron chi connectivity index (χ1n) is 9.83. The normalized spacial score (nSPS) is 20.5. The molecule has 0 spiro atoms. The summed E-state index contributed by atoms with van der Waals surface area (Å²) in [6.45, 7) is 1.19. The highest BCUT2D eigenvalue weighted by Gasteiger charge is 2.41. The first-order chi connectivity index (χ1) is 13.9. The molecule has 29 heavy (non-hydrogen) atoms. The summed E-state index contributed by atoms with van der Waals surface area (Å²) in [5, 5.41) is 11.5. The molecule has 2 unspecified atom stereocenters. The average Bonchev–Trinajstić information content (AvgIpc) is 3.16. The van der Waals surface area contributed by atoms with Crippen LogP contribution in [0.1, 0.15) is 29.2 Å². The van der Waals surface area contributed by atoms with Gasteiger partial charge in [-0.3, -0.25) is 0 Å². The summed E-state index contributed by atoms with van der Waals surface area (Å²) >= 11 is 5.94. The van der Waals surface area contributed by atoms with Crippen LogP contribution in [-0.4, -0.2) is 50.2 Å². The summed E-state index contributed by atoms with van der Waals surface area (Å²) in [5.41, 5.74) is 3.33. The molecule has 0 aliphatic carbocycles. The van der Waals surface area contributed by atoms with E-state index < -0.39 is 6.10 Å². The summed E-state index contributed by atoms with van der Waals surface area (Å²) < 4.78 is 17.8. The maximum absolute atomic E-state index is 10.8. The SMILES string of the molecule is COc1c2c(cc3c1C(CC(O)C=Cc1ccc(Cl)cc1)[N+](C)(C)CC3)OCO2. The van der Waals surface area contributed by atoms with E-state index in [1.54, 1.807) is 7.11 Å². The van der Waals surface area contributed by atoms with Crippen molar-refractivity contribution in [1.82, 2.24) is 0 Å². The summed E-state index contributed by atoms with van der Waals surface area (Å²) in [6, 6.07) is 9.71. The van der Waals surface area contributed by atoms with Gasteiger partial charge in [0.25, 0.3) is 0 Å². The molecular formula is C23H27ClNO4+. The van der Waals surface area contributed by atoms with E-state index >= 15 is 0 Å². The fourth-order valence-corrected chi connectivity index (χ4v) is 4.40. The molecule has 154 valence electrons. The van der Waals surface area contributed by atoms with Gasteiger partial charge in [0.1, 0.15) is 6.04 Å².